The van der Waals surface area contributed by atoms with Gasteiger partial charge in [0.25, 0.3) is 0 Å². The number of carbonyl (C=O) groups excluding carboxylic acids is 1. The van der Waals surface area contributed by atoms with Crippen LogP contribution in [-0.2, 0) is 14.1 Å². The Bertz CT molecular complexity index is 1800. The summed E-state index contributed by atoms with van der Waals surface area (Å²) in [4.78, 5) is 32.2. The zero-order chi connectivity index (χ0) is 39.5. The summed E-state index contributed by atoms with van der Waals surface area (Å²) in [6.45, 7) is 3.76. The maximum Gasteiger partial charge on any atom is 0.354 e. The number of ether oxygens (including phenoxy) is 1. The second kappa shape index (κ2) is 27.8. The van der Waals surface area contributed by atoms with Gasteiger partial charge in [-0.15, -0.1) is 0 Å². The topological polar surface area (TPSA) is 143 Å². The van der Waals surface area contributed by atoms with Crippen molar-refractivity contribution < 1.29 is 18.6 Å². The van der Waals surface area contributed by atoms with Crippen LogP contribution in [-0.4, -0.2) is 57.7 Å². The molecular weight excluding hydrogens is 764 g/mol. The van der Waals surface area contributed by atoms with E-state index in [4.69, 9.17) is 19.5 Å². The lowest BCUT2D eigenvalue weighted by atomic mass is 10.1. The van der Waals surface area contributed by atoms with Crippen molar-refractivity contribution in [2.24, 2.45) is 0 Å². The van der Waals surface area contributed by atoms with Crippen molar-refractivity contribution in [2.75, 3.05) is 36.9 Å². The molecule has 0 aliphatic carbocycles. The number of hydrogen-bond acceptors (Lipinski definition) is 11. The number of amides is 1. The number of hydrogen-bond donors (Lipinski definition) is 3. The van der Waals surface area contributed by atoms with Crippen LogP contribution in [0, 0.1) is 0 Å². The van der Waals surface area contributed by atoms with Crippen molar-refractivity contribution in [1.29, 1.82) is 0 Å². The Morgan fingerprint density at radius 2 is 1.61 bits per heavy atom. The molecule has 0 bridgehead atoms. The van der Waals surface area contributed by atoms with E-state index in [1.54, 1.807) is 21.6 Å². The smallest absolute Gasteiger partial charge is 0.354 e. The van der Waals surface area contributed by atoms with Gasteiger partial charge in [0.05, 0.1) is 12.7 Å². The number of nitrogens with zero attached hydrogens (tertiary/aromatic N) is 3. The fourth-order valence-corrected chi connectivity index (χ4v) is 8.66. The number of nitrogens with two attached hydrogens (primary N) is 1. The largest absolute Gasteiger partial charge is 0.435 e. The van der Waals surface area contributed by atoms with Crippen LogP contribution < -0.4 is 26.4 Å². The molecule has 4 N–H and O–H groups in total. The minimum atomic E-state index is -1.49. The Morgan fingerprint density at radius 1 is 0.929 bits per heavy atom. The standard InChI is InChI=1S/C42H57N6O5PS2/c1-2-3-4-5-6-7-8-9-10-11-12-13-14-15-16-17-18-26-39(49)44-29-31-55-56-32-30-46-54(53-38-25-21-23-35-22-19-20-24-37(35)38)51-33-36-27-28-40(52-36)48-34-45-41(43)47-42(48)50/h3-4,6-7,9-10,12-13,15-16,19-25,34,36,40,46H,2,5,8,11,14,17-18,26-33H2,1H3,(H,44,49)(H2,43,47,50)/b4-3-,7-6-,10-9-,13-12-,16-15-. The number of carbonyl (C=O) groups is 1. The Balaban J connectivity index is 1.06. The summed E-state index contributed by atoms with van der Waals surface area (Å²) in [5.41, 5.74) is 5.05. The van der Waals surface area contributed by atoms with E-state index in [1.807, 2.05) is 30.3 Å². The molecule has 0 radical (unpaired) electrons. The van der Waals surface area contributed by atoms with E-state index in [0.717, 1.165) is 73.0 Å². The number of rotatable bonds is 27. The molecule has 1 aliphatic heterocycles. The second-order valence-corrected chi connectivity index (χ2v) is 16.8. The van der Waals surface area contributed by atoms with Crippen molar-refractivity contribution in [3.8, 4) is 5.75 Å². The Hall–Kier alpha value is -3.71. The third-order valence-electron chi connectivity index (χ3n) is 8.40. The molecule has 1 saturated heterocycles. The van der Waals surface area contributed by atoms with Crippen LogP contribution in [0.1, 0.15) is 77.4 Å². The summed E-state index contributed by atoms with van der Waals surface area (Å²) >= 11 is 0. The molecule has 3 aromatic rings. The molecule has 2 aromatic carbocycles. The van der Waals surface area contributed by atoms with E-state index in [1.165, 1.54) is 10.9 Å². The first kappa shape index (κ1) is 45.0. The molecule has 302 valence electrons. The van der Waals surface area contributed by atoms with E-state index in [2.05, 4.69) is 100 Å². The average molecular weight is 821 g/mol. The molecule has 1 amide bonds. The SMILES string of the molecule is CC/C=C\C/C=C\C/C=C\C/C=C\C/C=C\CCCC(=O)NCCSSCCNP(OCC1CCC(n2cnc(N)nc2=O)O1)Oc1cccc2ccccc12. The van der Waals surface area contributed by atoms with E-state index in [-0.39, 0.29) is 18.0 Å². The fraction of sp³-hybridized carbons (Fsp3) is 0.429. The molecule has 1 aromatic heterocycles. The fourth-order valence-electron chi connectivity index (χ4n) is 5.55. The number of nitrogens with one attached hydrogen (secondary N) is 2. The van der Waals surface area contributed by atoms with Gasteiger partial charge in [-0.25, -0.2) is 14.9 Å². The van der Waals surface area contributed by atoms with Gasteiger partial charge in [0, 0.05) is 36.4 Å². The third kappa shape index (κ3) is 18.0. The predicted molar refractivity (Wildman–Crippen MR) is 236 cm³/mol. The quantitative estimate of drug-likeness (QED) is 0.0293. The van der Waals surface area contributed by atoms with Crippen LogP contribution in [0.15, 0.2) is 114 Å². The highest BCUT2D eigenvalue weighted by Gasteiger charge is 2.29. The summed E-state index contributed by atoms with van der Waals surface area (Å²) in [6.07, 6.45) is 31.2. The molecule has 2 heterocycles. The number of nitrogen functional groups attached to an aromatic ring is 1. The van der Waals surface area contributed by atoms with Crippen molar-refractivity contribution in [1.82, 2.24) is 24.9 Å². The van der Waals surface area contributed by atoms with Gasteiger partial charge in [-0.3, -0.25) is 9.36 Å². The number of benzene rings is 2. The summed E-state index contributed by atoms with van der Waals surface area (Å²) in [7, 11) is 1.98. The highest BCUT2D eigenvalue weighted by molar-refractivity contribution is 8.76. The lowest BCUT2D eigenvalue weighted by Gasteiger charge is -2.21. The first-order chi connectivity index (χ1) is 27.5. The number of allylic oxidation sites excluding steroid dienone is 10. The van der Waals surface area contributed by atoms with Gasteiger partial charge in [-0.05, 0) is 69.2 Å². The van der Waals surface area contributed by atoms with Gasteiger partial charge in [0.2, 0.25) is 11.9 Å². The Morgan fingerprint density at radius 3 is 2.34 bits per heavy atom. The van der Waals surface area contributed by atoms with Gasteiger partial charge >= 0.3 is 14.2 Å². The molecule has 1 fully saturated rings. The van der Waals surface area contributed by atoms with Crippen molar-refractivity contribution in [2.45, 2.75) is 83.5 Å². The lowest BCUT2D eigenvalue weighted by Crippen LogP contribution is -2.29. The molecule has 0 saturated carbocycles. The molecule has 1 aliphatic rings. The van der Waals surface area contributed by atoms with Gasteiger partial charge in [-0.2, -0.15) is 4.98 Å². The van der Waals surface area contributed by atoms with Gasteiger partial charge in [0.15, 0.2) is 0 Å². The van der Waals surface area contributed by atoms with Crippen LogP contribution in [0.25, 0.3) is 10.8 Å². The number of anilines is 1. The van der Waals surface area contributed by atoms with Crippen LogP contribution in [0.4, 0.5) is 5.95 Å². The summed E-state index contributed by atoms with van der Waals surface area (Å²) in [5, 5.41) is 8.57. The van der Waals surface area contributed by atoms with Crippen molar-refractivity contribution >= 4 is 52.7 Å². The van der Waals surface area contributed by atoms with E-state index < -0.39 is 20.4 Å². The zero-order valence-corrected chi connectivity index (χ0v) is 34.9. The predicted octanol–water partition coefficient (Wildman–Crippen LogP) is 9.38. The highest BCUT2D eigenvalue weighted by atomic mass is 33.1. The summed E-state index contributed by atoms with van der Waals surface area (Å²) in [5.74, 6) is 2.44. The molecule has 0 spiro atoms. The van der Waals surface area contributed by atoms with E-state index in [9.17, 15) is 9.59 Å². The minimum absolute atomic E-state index is 0.0609. The van der Waals surface area contributed by atoms with Crippen LogP contribution in [0.2, 0.25) is 0 Å². The molecule has 14 heteroatoms. The summed E-state index contributed by atoms with van der Waals surface area (Å²) in [6, 6.07) is 14.1. The second-order valence-electron chi connectivity index (χ2n) is 12.8. The van der Waals surface area contributed by atoms with Gasteiger partial charge < -0.3 is 24.8 Å². The van der Waals surface area contributed by atoms with E-state index in [0.29, 0.717) is 39.0 Å². The zero-order valence-electron chi connectivity index (χ0n) is 32.4. The molecule has 4 rings (SSSR count). The lowest BCUT2D eigenvalue weighted by molar-refractivity contribution is -0.121. The van der Waals surface area contributed by atoms with E-state index >= 15 is 0 Å². The first-order valence-electron chi connectivity index (χ1n) is 19.5. The van der Waals surface area contributed by atoms with Gasteiger partial charge in [0.1, 0.15) is 18.3 Å². The van der Waals surface area contributed by atoms with Crippen molar-refractivity contribution in [3.63, 3.8) is 0 Å². The molecule has 3 atom stereocenters. The monoisotopic (exact) mass is 820 g/mol. The van der Waals surface area contributed by atoms with Crippen LogP contribution in [0.5, 0.6) is 5.75 Å². The average Bonchev–Trinajstić information content (AvgIpc) is 3.67. The first-order valence-corrected chi connectivity index (χ1v) is 23.1. The van der Waals surface area contributed by atoms with Crippen LogP contribution >= 0.6 is 30.1 Å². The Kier molecular flexibility index (Phi) is 22.4. The number of unbranched alkanes of at least 4 members (excludes halogenated alkanes) is 1. The molecule has 3 unspecified atom stereocenters. The molecule has 56 heavy (non-hydrogen) atoms. The Labute approximate surface area is 341 Å². The highest BCUT2D eigenvalue weighted by Crippen LogP contribution is 2.40. The third-order valence-corrected chi connectivity index (χ3v) is 12.0. The summed E-state index contributed by atoms with van der Waals surface area (Å²) < 4.78 is 20.1. The number of aromatic nitrogens is 3. The van der Waals surface area contributed by atoms with Crippen LogP contribution in [0.3, 0.4) is 0 Å². The maximum absolute atomic E-state index is 12.3. The number of fused-ring (bicyclic) bond motifs is 1. The minimum Gasteiger partial charge on any atom is -0.435 e. The van der Waals surface area contributed by atoms with Gasteiger partial charge in [-0.1, -0.05) is 126 Å². The molecular formula is C42H57N6O5PS2. The maximum atomic E-state index is 12.3. The molecule has 11 nitrogen and oxygen atoms in total. The van der Waals surface area contributed by atoms with Crippen molar-refractivity contribution in [3.05, 3.63) is 120 Å². The normalized spacial score (nSPS) is 16.7.